The number of anilines is 1. The number of guanidine groups is 4. The molecule has 1 aromatic carbocycles. The van der Waals surface area contributed by atoms with Gasteiger partial charge in [-0.15, -0.1) is 0 Å². The van der Waals surface area contributed by atoms with Crippen molar-refractivity contribution in [3.63, 3.8) is 0 Å². The second-order valence-corrected chi connectivity index (χ2v) is 11.4. The summed E-state index contributed by atoms with van der Waals surface area (Å²) in [5.74, 6) is -10.7. The van der Waals surface area contributed by atoms with E-state index in [1.165, 1.54) is 47.6 Å². The van der Waals surface area contributed by atoms with E-state index in [9.17, 15) is 33.9 Å². The molecule has 2 rings (SSSR count). The van der Waals surface area contributed by atoms with Gasteiger partial charge in [-0.1, -0.05) is 37.3 Å². The molecule has 0 aliphatic carbocycles. The lowest BCUT2D eigenvalue weighted by molar-refractivity contribution is -0.136. The lowest BCUT2D eigenvalue weighted by atomic mass is 10.1. The number of benzene rings is 1. The first-order valence-electron chi connectivity index (χ1n) is 16.3. The van der Waals surface area contributed by atoms with Crippen LogP contribution in [0.25, 0.3) is 0 Å². The minimum Gasteiger partial charge on any atom is -0.370 e. The number of carbonyl (C=O) groups is 6. The van der Waals surface area contributed by atoms with E-state index in [4.69, 9.17) is 50.3 Å². The standard InChI is InChI=1S/C29H45N21O7/c1-2-11-50(29-39-9-6-10-40-29)24(57)23(56)41-13(12-7-4-3-5-8-12)19(52)43-16(47-26(33)34)21(54)45-18(49-28(37)38)22(55)44-17(48-27(35)36)20(53)42-15(14(30)51)46-25(31)32/h3-10,13,15-18,24,57H,2,11H2,1H3,(H2,30,51)(H,41,56)(H,42,53)(H,43,52)(H,44,55)(H,45,54)(H4,31,32,46)(H4,33,34,47)(H4,35,36,48)(H4,37,38,49). The molecule has 308 valence electrons. The molecule has 2 aromatic rings. The van der Waals surface area contributed by atoms with E-state index in [1.54, 1.807) is 13.0 Å². The third-order valence-electron chi connectivity index (χ3n) is 6.90. The number of aliphatic hydroxyl groups is 1. The van der Waals surface area contributed by atoms with E-state index in [2.05, 4.69) is 41.9 Å². The predicted octanol–water partition coefficient (Wildman–Crippen LogP) is -7.94. The monoisotopic (exact) mass is 799 g/mol. The molecule has 0 saturated heterocycles. The van der Waals surface area contributed by atoms with Gasteiger partial charge in [0.25, 0.3) is 29.5 Å². The Morgan fingerprint density at radius 3 is 1.40 bits per heavy atom. The Labute approximate surface area is 323 Å². The molecular weight excluding hydrogens is 754 g/mol. The van der Waals surface area contributed by atoms with Crippen LogP contribution in [0.3, 0.4) is 0 Å². The van der Waals surface area contributed by atoms with Crippen molar-refractivity contribution in [3.05, 3.63) is 54.4 Å². The van der Waals surface area contributed by atoms with Gasteiger partial charge < -0.3 is 86.5 Å². The van der Waals surface area contributed by atoms with E-state index >= 15 is 0 Å². The lowest BCUT2D eigenvalue weighted by Gasteiger charge is -2.29. The van der Waals surface area contributed by atoms with Gasteiger partial charge in [-0.25, -0.2) is 9.97 Å². The van der Waals surface area contributed by atoms with Crippen molar-refractivity contribution in [1.82, 2.24) is 57.8 Å². The van der Waals surface area contributed by atoms with Crippen LogP contribution in [0, 0.1) is 21.6 Å². The highest BCUT2D eigenvalue weighted by Crippen LogP contribution is 2.16. The zero-order valence-electron chi connectivity index (χ0n) is 30.1. The summed E-state index contributed by atoms with van der Waals surface area (Å²) in [6, 6.07) is 7.52. The van der Waals surface area contributed by atoms with Gasteiger partial charge in [0.1, 0.15) is 6.04 Å². The molecule has 6 amide bonds. The fourth-order valence-corrected chi connectivity index (χ4v) is 4.52. The second-order valence-electron chi connectivity index (χ2n) is 11.4. The van der Waals surface area contributed by atoms with Gasteiger partial charge in [0.15, 0.2) is 48.5 Å². The molecule has 0 saturated carbocycles. The summed E-state index contributed by atoms with van der Waals surface area (Å²) >= 11 is 0. The van der Waals surface area contributed by atoms with Crippen LogP contribution in [0.4, 0.5) is 5.95 Å². The maximum absolute atomic E-state index is 13.8. The number of primary amides is 1. The van der Waals surface area contributed by atoms with E-state index in [0.29, 0.717) is 6.42 Å². The normalized spacial score (nSPS) is 13.5. The lowest BCUT2D eigenvalue weighted by Crippen LogP contribution is -2.68. The highest BCUT2D eigenvalue weighted by atomic mass is 16.3. The van der Waals surface area contributed by atoms with Crippen molar-refractivity contribution < 1.29 is 33.9 Å². The molecule has 28 nitrogen and oxygen atoms in total. The van der Waals surface area contributed by atoms with Crippen molar-refractivity contribution in [3.8, 4) is 0 Å². The minimum absolute atomic E-state index is 0.0201. The Bertz CT molecular complexity index is 1800. The first-order chi connectivity index (χ1) is 26.8. The molecule has 0 radical (unpaired) electrons. The van der Waals surface area contributed by atoms with Crippen LogP contribution >= 0.6 is 0 Å². The van der Waals surface area contributed by atoms with Crippen LogP contribution in [-0.4, -0.2) is 112 Å². The quantitative estimate of drug-likeness (QED) is 0.0336. The smallest absolute Gasteiger partial charge is 0.271 e. The van der Waals surface area contributed by atoms with Gasteiger partial charge in [-0.3, -0.25) is 50.4 Å². The first kappa shape index (κ1) is 45.1. The van der Waals surface area contributed by atoms with Crippen LogP contribution in [0.5, 0.6) is 0 Å². The molecule has 28 heteroatoms. The van der Waals surface area contributed by atoms with Gasteiger partial charge in [-0.2, -0.15) is 0 Å². The maximum atomic E-state index is 13.8. The zero-order chi connectivity index (χ0) is 42.8. The summed E-state index contributed by atoms with van der Waals surface area (Å²) in [4.78, 5) is 88.2. The Morgan fingerprint density at radius 1 is 0.596 bits per heavy atom. The molecule has 0 aliphatic heterocycles. The average Bonchev–Trinajstić information content (AvgIpc) is 3.14. The summed E-state index contributed by atoms with van der Waals surface area (Å²) < 4.78 is 0. The zero-order valence-corrected chi connectivity index (χ0v) is 30.1. The minimum atomic E-state index is -2.06. The molecule has 1 aromatic heterocycles. The molecule has 0 fully saturated rings. The van der Waals surface area contributed by atoms with Crippen molar-refractivity contribution in [1.29, 1.82) is 21.6 Å². The number of nitrogens with two attached hydrogens (primary N) is 5. The number of nitrogens with zero attached hydrogens (tertiary/aromatic N) is 3. The third kappa shape index (κ3) is 14.7. The number of hydrogen-bond acceptors (Lipinski definition) is 14. The molecule has 1 heterocycles. The van der Waals surface area contributed by atoms with Crippen LogP contribution < -0.4 is 81.4 Å². The third-order valence-corrected chi connectivity index (χ3v) is 6.90. The maximum Gasteiger partial charge on any atom is 0.271 e. The van der Waals surface area contributed by atoms with Crippen molar-refractivity contribution >= 4 is 65.2 Å². The Hall–Kier alpha value is -8.04. The molecule has 6 atom stereocenters. The van der Waals surface area contributed by atoms with E-state index < -0.39 is 96.2 Å². The topological polar surface area (TPSA) is 485 Å². The number of aromatic nitrogens is 2. The fourth-order valence-electron chi connectivity index (χ4n) is 4.52. The summed E-state index contributed by atoms with van der Waals surface area (Å²) in [7, 11) is 0. The van der Waals surface area contributed by atoms with Crippen LogP contribution in [0.1, 0.15) is 24.9 Å². The molecule has 57 heavy (non-hydrogen) atoms. The number of hydrogen-bond donors (Lipinski definition) is 19. The summed E-state index contributed by atoms with van der Waals surface area (Å²) in [6.45, 7) is 1.92. The number of amides is 6. The summed E-state index contributed by atoms with van der Waals surface area (Å²) in [5, 5.41) is 60.3. The second kappa shape index (κ2) is 21.6. The van der Waals surface area contributed by atoms with Crippen molar-refractivity contribution in [2.24, 2.45) is 28.7 Å². The SMILES string of the molecule is CCCN(c1ncccn1)C(O)C(=O)NC(C(=O)NC(NC(=N)N)C(=O)NC(NC(=N)N)C(=O)NC(NC(=N)N)C(=O)NC(NC(=N)N)C(N)=O)c1ccccc1. The van der Waals surface area contributed by atoms with Crippen molar-refractivity contribution in [2.75, 3.05) is 11.4 Å². The first-order valence-corrected chi connectivity index (χ1v) is 16.3. The van der Waals surface area contributed by atoms with Crippen molar-refractivity contribution in [2.45, 2.75) is 50.3 Å². The molecule has 0 bridgehead atoms. The highest BCUT2D eigenvalue weighted by Gasteiger charge is 2.35. The number of aliphatic hydroxyl groups excluding tert-OH is 1. The fraction of sp³-hybridized carbons (Fsp3) is 0.310. The Kier molecular flexibility index (Phi) is 17.1. The van der Waals surface area contributed by atoms with Gasteiger partial charge in [0.05, 0.1) is 0 Å². The van der Waals surface area contributed by atoms with Gasteiger partial charge >= 0.3 is 0 Å². The number of nitrogens with one attached hydrogen (secondary N) is 13. The summed E-state index contributed by atoms with van der Waals surface area (Å²) in [5.41, 5.74) is 26.7. The van der Waals surface area contributed by atoms with E-state index in [-0.39, 0.29) is 18.1 Å². The van der Waals surface area contributed by atoms with Crippen LogP contribution in [-0.2, 0) is 28.8 Å². The molecule has 0 spiro atoms. The van der Waals surface area contributed by atoms with Crippen LogP contribution in [0.2, 0.25) is 0 Å². The highest BCUT2D eigenvalue weighted by molar-refractivity contribution is 5.99. The molecular formula is C29H45N21O7. The summed E-state index contributed by atoms with van der Waals surface area (Å²) in [6.07, 6.45) is -6.45. The van der Waals surface area contributed by atoms with E-state index in [1.807, 2.05) is 16.0 Å². The largest absolute Gasteiger partial charge is 0.370 e. The number of rotatable bonds is 20. The van der Waals surface area contributed by atoms with Gasteiger partial charge in [0.2, 0.25) is 18.1 Å². The number of carbonyl (C=O) groups excluding carboxylic acids is 6. The average molecular weight is 800 g/mol. The molecule has 24 N–H and O–H groups in total. The molecule has 6 unspecified atom stereocenters. The van der Waals surface area contributed by atoms with Gasteiger partial charge in [-0.05, 0) is 18.1 Å². The Balaban J connectivity index is 2.38. The predicted molar refractivity (Wildman–Crippen MR) is 200 cm³/mol. The van der Waals surface area contributed by atoms with Gasteiger partial charge in [0, 0.05) is 18.9 Å². The van der Waals surface area contributed by atoms with E-state index in [0.717, 1.165) is 0 Å². The molecule has 0 aliphatic rings. The Morgan fingerprint density at radius 2 is 1.00 bits per heavy atom. The van der Waals surface area contributed by atoms with Crippen LogP contribution in [0.15, 0.2) is 48.8 Å².